The Labute approximate surface area is 176 Å². The highest BCUT2D eigenvalue weighted by Gasteiger charge is 2.28. The van der Waals surface area contributed by atoms with Crippen LogP contribution in [-0.4, -0.2) is 57.8 Å². The summed E-state index contributed by atoms with van der Waals surface area (Å²) in [4.78, 5) is 31.7. The maximum absolute atomic E-state index is 12.8. The van der Waals surface area contributed by atoms with Crippen LogP contribution in [0.2, 0.25) is 0 Å². The lowest BCUT2D eigenvalue weighted by Gasteiger charge is -2.35. The van der Waals surface area contributed by atoms with E-state index in [9.17, 15) is 4.79 Å². The number of hydrogen-bond donors (Lipinski definition) is 1. The predicted octanol–water partition coefficient (Wildman–Crippen LogP) is 3.77. The van der Waals surface area contributed by atoms with Crippen molar-refractivity contribution in [3.05, 3.63) is 40.3 Å². The summed E-state index contributed by atoms with van der Waals surface area (Å²) >= 11 is 1.61. The zero-order valence-corrected chi connectivity index (χ0v) is 18.7. The van der Waals surface area contributed by atoms with Gasteiger partial charge in [-0.3, -0.25) is 4.79 Å². The highest BCUT2D eigenvalue weighted by molar-refractivity contribution is 7.15. The number of carbonyl (C=O) groups excluding carboxylic acids is 1. The van der Waals surface area contributed by atoms with Crippen molar-refractivity contribution in [3.8, 4) is 0 Å². The quantitative estimate of drug-likeness (QED) is 0.725. The lowest BCUT2D eigenvalue weighted by atomic mass is 9.98. The summed E-state index contributed by atoms with van der Waals surface area (Å²) in [5.74, 6) is 1.46. The molecule has 8 heteroatoms. The second-order valence-electron chi connectivity index (χ2n) is 7.72. The topological polar surface area (TPSA) is 74.2 Å². The Hall–Kier alpha value is -2.32. The number of nitrogens with one attached hydrogen (secondary N) is 1. The molecule has 0 bridgehead atoms. The Morgan fingerprint density at radius 3 is 2.76 bits per heavy atom. The van der Waals surface area contributed by atoms with E-state index in [1.807, 2.05) is 49.9 Å². The molecule has 156 valence electrons. The third-order valence-corrected chi connectivity index (χ3v) is 5.97. The van der Waals surface area contributed by atoms with Gasteiger partial charge in [-0.15, -0.1) is 11.3 Å². The van der Waals surface area contributed by atoms with Gasteiger partial charge < -0.3 is 15.1 Å². The summed E-state index contributed by atoms with van der Waals surface area (Å²) < 4.78 is 0. The lowest BCUT2D eigenvalue weighted by Crippen LogP contribution is -2.38. The van der Waals surface area contributed by atoms with Crippen LogP contribution in [0.25, 0.3) is 0 Å². The molecule has 0 aliphatic carbocycles. The number of anilines is 2. The number of likely N-dealkylation sites (tertiary alicyclic amines) is 1. The number of aromatic nitrogens is 3. The highest BCUT2D eigenvalue weighted by Crippen LogP contribution is 2.32. The summed E-state index contributed by atoms with van der Waals surface area (Å²) in [6.45, 7) is 7.45. The molecule has 1 N–H and O–H groups in total. The van der Waals surface area contributed by atoms with Crippen LogP contribution in [-0.2, 0) is 4.79 Å². The van der Waals surface area contributed by atoms with Gasteiger partial charge in [0.1, 0.15) is 11.6 Å². The molecule has 1 aliphatic heterocycles. The number of likely N-dealkylation sites (N-methyl/N-ethyl adjacent to an activating group) is 1. The third-order valence-electron chi connectivity index (χ3n) is 4.98. The first kappa shape index (κ1) is 21.4. The maximum Gasteiger partial charge on any atom is 0.246 e. The molecule has 1 unspecified atom stereocenters. The summed E-state index contributed by atoms with van der Waals surface area (Å²) in [6, 6.07) is 1.93. The van der Waals surface area contributed by atoms with Gasteiger partial charge in [-0.25, -0.2) is 15.0 Å². The van der Waals surface area contributed by atoms with Gasteiger partial charge >= 0.3 is 0 Å². The van der Waals surface area contributed by atoms with Crippen LogP contribution in [0.5, 0.6) is 0 Å². The Kier molecular flexibility index (Phi) is 6.97. The van der Waals surface area contributed by atoms with Crippen molar-refractivity contribution in [1.29, 1.82) is 0 Å². The van der Waals surface area contributed by atoms with Crippen LogP contribution in [0.1, 0.15) is 47.4 Å². The summed E-state index contributed by atoms with van der Waals surface area (Å²) in [6.07, 6.45) is 6.63. The van der Waals surface area contributed by atoms with E-state index < -0.39 is 0 Å². The first-order chi connectivity index (χ1) is 13.8. The molecular weight excluding hydrogens is 384 g/mol. The van der Waals surface area contributed by atoms with Crippen molar-refractivity contribution < 1.29 is 4.79 Å². The minimum Gasteiger partial charge on any atom is -0.331 e. The lowest BCUT2D eigenvalue weighted by molar-refractivity contribution is -0.129. The molecule has 1 aliphatic rings. The van der Waals surface area contributed by atoms with E-state index in [0.717, 1.165) is 54.7 Å². The molecule has 0 spiro atoms. The van der Waals surface area contributed by atoms with Gasteiger partial charge in [0, 0.05) is 30.1 Å². The molecule has 3 heterocycles. The maximum atomic E-state index is 12.8. The van der Waals surface area contributed by atoms with Gasteiger partial charge in [0.25, 0.3) is 0 Å². The van der Waals surface area contributed by atoms with Crippen molar-refractivity contribution in [2.45, 2.75) is 46.1 Å². The molecule has 3 rings (SSSR count). The van der Waals surface area contributed by atoms with Crippen LogP contribution < -0.4 is 5.32 Å². The highest BCUT2D eigenvalue weighted by atomic mass is 32.1. The van der Waals surface area contributed by atoms with Gasteiger partial charge in [-0.1, -0.05) is 6.08 Å². The van der Waals surface area contributed by atoms with Crippen molar-refractivity contribution in [2.24, 2.45) is 0 Å². The van der Waals surface area contributed by atoms with Crippen LogP contribution in [0, 0.1) is 20.8 Å². The van der Waals surface area contributed by atoms with Gasteiger partial charge in [-0.05, 0) is 54.1 Å². The predicted molar refractivity (Wildman–Crippen MR) is 118 cm³/mol. The van der Waals surface area contributed by atoms with Gasteiger partial charge in [0.2, 0.25) is 5.91 Å². The van der Waals surface area contributed by atoms with E-state index in [-0.39, 0.29) is 11.9 Å². The van der Waals surface area contributed by atoms with E-state index in [2.05, 4.69) is 27.2 Å². The average molecular weight is 415 g/mol. The van der Waals surface area contributed by atoms with E-state index >= 15 is 0 Å². The number of amides is 1. The Morgan fingerprint density at radius 2 is 2.07 bits per heavy atom. The number of aryl methyl sites for hydroxylation is 3. The van der Waals surface area contributed by atoms with Crippen LogP contribution in [0.4, 0.5) is 10.9 Å². The third kappa shape index (κ3) is 5.61. The Bertz CT molecular complexity index is 872. The van der Waals surface area contributed by atoms with Gasteiger partial charge in [0.15, 0.2) is 5.13 Å². The zero-order valence-electron chi connectivity index (χ0n) is 17.9. The summed E-state index contributed by atoms with van der Waals surface area (Å²) in [7, 11) is 3.98. The second-order valence-corrected chi connectivity index (χ2v) is 8.92. The van der Waals surface area contributed by atoms with Crippen LogP contribution >= 0.6 is 11.3 Å². The fourth-order valence-electron chi connectivity index (χ4n) is 3.42. The number of rotatable bonds is 6. The number of carbonyl (C=O) groups is 1. The van der Waals surface area contributed by atoms with E-state index in [4.69, 9.17) is 0 Å². The molecule has 2 aromatic rings. The van der Waals surface area contributed by atoms with Gasteiger partial charge in [-0.2, -0.15) is 0 Å². The molecule has 0 radical (unpaired) electrons. The molecule has 29 heavy (non-hydrogen) atoms. The van der Waals surface area contributed by atoms with Crippen LogP contribution in [0.3, 0.4) is 0 Å². The molecule has 1 atom stereocenters. The van der Waals surface area contributed by atoms with E-state index in [0.29, 0.717) is 5.82 Å². The van der Waals surface area contributed by atoms with Crippen molar-refractivity contribution >= 4 is 28.2 Å². The fraction of sp³-hybridized carbons (Fsp3) is 0.524. The fourth-order valence-corrected chi connectivity index (χ4v) is 4.25. The number of nitrogens with zero attached hydrogens (tertiary/aromatic N) is 5. The van der Waals surface area contributed by atoms with Crippen LogP contribution in [0.15, 0.2) is 18.2 Å². The molecule has 2 aromatic heterocycles. The minimum absolute atomic E-state index is 0.0257. The SMILES string of the molecule is Cc1nc(Nc2nc(C)c(C)s2)cc(C2CCCCN2C(=O)/C=C/CN(C)C)n1. The summed E-state index contributed by atoms with van der Waals surface area (Å²) in [5.41, 5.74) is 1.91. The molecule has 1 saturated heterocycles. The number of thiazole rings is 1. The Morgan fingerprint density at radius 1 is 1.28 bits per heavy atom. The second kappa shape index (κ2) is 9.45. The van der Waals surface area contributed by atoms with Crippen molar-refractivity contribution in [1.82, 2.24) is 24.8 Å². The molecule has 1 fully saturated rings. The molecule has 7 nitrogen and oxygen atoms in total. The first-order valence-electron chi connectivity index (χ1n) is 10.0. The monoisotopic (exact) mass is 414 g/mol. The molecule has 0 aromatic carbocycles. The van der Waals surface area contributed by atoms with Crippen molar-refractivity contribution in [3.63, 3.8) is 0 Å². The van der Waals surface area contributed by atoms with E-state index in [1.54, 1.807) is 17.4 Å². The number of piperidine rings is 1. The molecular formula is C21H30N6OS. The van der Waals surface area contributed by atoms with E-state index in [1.165, 1.54) is 4.88 Å². The smallest absolute Gasteiger partial charge is 0.246 e. The zero-order chi connectivity index (χ0) is 21.0. The molecule has 1 amide bonds. The Balaban J connectivity index is 1.82. The minimum atomic E-state index is -0.0257. The van der Waals surface area contributed by atoms with Gasteiger partial charge in [0.05, 0.1) is 17.4 Å². The first-order valence-corrected chi connectivity index (χ1v) is 10.8. The summed E-state index contributed by atoms with van der Waals surface area (Å²) in [5, 5.41) is 4.14. The normalized spacial score (nSPS) is 17.3. The average Bonchev–Trinajstić information content (AvgIpc) is 2.98. The molecule has 0 saturated carbocycles. The number of hydrogen-bond acceptors (Lipinski definition) is 7. The largest absolute Gasteiger partial charge is 0.331 e. The van der Waals surface area contributed by atoms with Crippen molar-refractivity contribution in [2.75, 3.05) is 32.5 Å². The standard InChI is InChI=1S/C21H30N6OS/c1-14-15(2)29-21(22-14)25-19-13-17(23-16(3)24-19)18-9-6-7-12-27(18)20(28)10-8-11-26(4)5/h8,10,13,18H,6-7,9,11-12H2,1-5H3,(H,22,23,24,25)/b10-8+.